The average Bonchev–Trinajstić information content (AvgIpc) is 3.39. The van der Waals surface area contributed by atoms with Gasteiger partial charge in [-0.05, 0) is 48.9 Å². The number of hydrogen-bond donors (Lipinski definition) is 1. The summed E-state index contributed by atoms with van der Waals surface area (Å²) in [4.78, 5) is 35.8. The Morgan fingerprint density at radius 3 is 2.57 bits per heavy atom. The molecular formula is C20H17NO7. The van der Waals surface area contributed by atoms with Gasteiger partial charge in [0.2, 0.25) is 5.76 Å². The Morgan fingerprint density at radius 1 is 1.04 bits per heavy atom. The second-order valence-electron chi connectivity index (χ2n) is 5.79. The predicted octanol–water partition coefficient (Wildman–Crippen LogP) is 3.58. The van der Waals surface area contributed by atoms with E-state index in [-0.39, 0.29) is 23.7 Å². The number of carbonyl (C=O) groups is 3. The maximum atomic E-state index is 12.3. The van der Waals surface area contributed by atoms with Crippen molar-refractivity contribution in [3.05, 3.63) is 77.1 Å². The first-order valence-electron chi connectivity index (χ1n) is 8.27. The molecule has 28 heavy (non-hydrogen) atoms. The number of benzene rings is 1. The van der Waals surface area contributed by atoms with Gasteiger partial charge in [0.05, 0.1) is 18.9 Å². The zero-order valence-corrected chi connectivity index (χ0v) is 15.2. The van der Waals surface area contributed by atoms with Crippen molar-refractivity contribution < 1.29 is 32.7 Å². The SMILES string of the molecule is COC(=O)c1ccc(COC(=O)c2ccc(C)c(NC(=O)c3ccco3)c2)o1. The van der Waals surface area contributed by atoms with Gasteiger partial charge in [-0.3, -0.25) is 4.79 Å². The van der Waals surface area contributed by atoms with E-state index in [0.29, 0.717) is 11.4 Å². The molecule has 0 aliphatic heterocycles. The highest BCUT2D eigenvalue weighted by Crippen LogP contribution is 2.19. The van der Waals surface area contributed by atoms with Crippen molar-refractivity contribution in [2.75, 3.05) is 12.4 Å². The van der Waals surface area contributed by atoms with E-state index in [9.17, 15) is 14.4 Å². The van der Waals surface area contributed by atoms with Gasteiger partial charge in [-0.2, -0.15) is 0 Å². The van der Waals surface area contributed by atoms with Crippen LogP contribution in [0.25, 0.3) is 0 Å². The van der Waals surface area contributed by atoms with Crippen LogP contribution in [0, 0.1) is 6.92 Å². The molecule has 0 fully saturated rings. The van der Waals surface area contributed by atoms with Crippen LogP contribution in [0.1, 0.15) is 42.8 Å². The number of furan rings is 2. The fourth-order valence-corrected chi connectivity index (χ4v) is 2.36. The van der Waals surface area contributed by atoms with Crippen molar-refractivity contribution in [3.8, 4) is 0 Å². The number of amides is 1. The number of carbonyl (C=O) groups excluding carboxylic acids is 3. The number of esters is 2. The summed E-state index contributed by atoms with van der Waals surface area (Å²) in [7, 11) is 1.24. The van der Waals surface area contributed by atoms with E-state index < -0.39 is 17.8 Å². The highest BCUT2D eigenvalue weighted by molar-refractivity contribution is 6.03. The molecule has 0 unspecified atom stereocenters. The number of ether oxygens (including phenoxy) is 2. The molecule has 0 spiro atoms. The zero-order chi connectivity index (χ0) is 20.1. The molecule has 0 aliphatic rings. The van der Waals surface area contributed by atoms with Crippen LogP contribution in [0.5, 0.6) is 0 Å². The standard InChI is InChI=1S/C20H17NO7/c1-12-5-6-13(10-15(12)21-18(22)16-4-3-9-26-16)19(23)27-11-14-7-8-17(28-14)20(24)25-2/h3-10H,11H2,1-2H3,(H,21,22). The third kappa shape index (κ3) is 4.29. The minimum atomic E-state index is -0.618. The third-order valence-electron chi connectivity index (χ3n) is 3.86. The van der Waals surface area contributed by atoms with Gasteiger partial charge >= 0.3 is 11.9 Å². The lowest BCUT2D eigenvalue weighted by atomic mass is 10.1. The number of hydrogen-bond acceptors (Lipinski definition) is 7. The molecule has 8 nitrogen and oxygen atoms in total. The molecule has 0 saturated heterocycles. The summed E-state index contributed by atoms with van der Waals surface area (Å²) in [6, 6.07) is 10.9. The molecule has 1 amide bonds. The molecule has 0 radical (unpaired) electrons. The Hall–Kier alpha value is -3.81. The van der Waals surface area contributed by atoms with Crippen LogP contribution >= 0.6 is 0 Å². The first-order chi connectivity index (χ1) is 13.5. The molecule has 0 bridgehead atoms. The van der Waals surface area contributed by atoms with Crippen LogP contribution in [0.15, 0.2) is 57.6 Å². The Balaban J connectivity index is 1.66. The first-order valence-corrected chi connectivity index (χ1v) is 8.27. The summed E-state index contributed by atoms with van der Waals surface area (Å²) < 4.78 is 20.0. The van der Waals surface area contributed by atoms with Gasteiger partial charge in [0.1, 0.15) is 12.4 Å². The van der Waals surface area contributed by atoms with Gasteiger partial charge in [0, 0.05) is 5.69 Å². The van der Waals surface area contributed by atoms with Crippen molar-refractivity contribution in [2.45, 2.75) is 13.5 Å². The molecule has 0 atom stereocenters. The van der Waals surface area contributed by atoms with Crippen LogP contribution in [0.2, 0.25) is 0 Å². The lowest BCUT2D eigenvalue weighted by Gasteiger charge is -2.09. The Morgan fingerprint density at radius 2 is 1.86 bits per heavy atom. The average molecular weight is 383 g/mol. The molecule has 0 aliphatic carbocycles. The normalized spacial score (nSPS) is 10.4. The Labute approximate surface area is 160 Å². The molecule has 2 heterocycles. The monoisotopic (exact) mass is 383 g/mol. The largest absolute Gasteiger partial charge is 0.463 e. The number of aryl methyl sites for hydroxylation is 1. The van der Waals surface area contributed by atoms with E-state index in [1.165, 1.54) is 37.6 Å². The predicted molar refractivity (Wildman–Crippen MR) is 97.0 cm³/mol. The van der Waals surface area contributed by atoms with Crippen molar-refractivity contribution in [2.24, 2.45) is 0 Å². The maximum absolute atomic E-state index is 12.3. The Kier molecular flexibility index (Phi) is 5.59. The Bertz CT molecular complexity index is 1000. The van der Waals surface area contributed by atoms with E-state index in [1.807, 2.05) is 0 Å². The fourth-order valence-electron chi connectivity index (χ4n) is 2.36. The smallest absolute Gasteiger partial charge is 0.373 e. The van der Waals surface area contributed by atoms with Crippen LogP contribution in [0.4, 0.5) is 5.69 Å². The van der Waals surface area contributed by atoms with Gasteiger partial charge < -0.3 is 23.6 Å². The lowest BCUT2D eigenvalue weighted by Crippen LogP contribution is -2.13. The highest BCUT2D eigenvalue weighted by atomic mass is 16.6. The molecule has 3 aromatic rings. The summed E-state index contributed by atoms with van der Waals surface area (Å²) >= 11 is 0. The fraction of sp³-hybridized carbons (Fsp3) is 0.150. The van der Waals surface area contributed by atoms with E-state index in [2.05, 4.69) is 10.1 Å². The topological polar surface area (TPSA) is 108 Å². The highest BCUT2D eigenvalue weighted by Gasteiger charge is 2.15. The quantitative estimate of drug-likeness (QED) is 0.648. The van der Waals surface area contributed by atoms with Crippen LogP contribution in [-0.2, 0) is 16.1 Å². The van der Waals surface area contributed by atoms with Crippen molar-refractivity contribution in [1.29, 1.82) is 0 Å². The van der Waals surface area contributed by atoms with Crippen LogP contribution < -0.4 is 5.32 Å². The summed E-state index contributed by atoms with van der Waals surface area (Å²) in [6.45, 7) is 1.64. The molecule has 2 aromatic heterocycles. The van der Waals surface area contributed by atoms with Gasteiger partial charge in [-0.25, -0.2) is 9.59 Å². The summed E-state index contributed by atoms with van der Waals surface area (Å²) in [6.07, 6.45) is 1.40. The van der Waals surface area contributed by atoms with Crippen molar-refractivity contribution >= 4 is 23.5 Å². The van der Waals surface area contributed by atoms with Gasteiger partial charge in [0.15, 0.2) is 5.76 Å². The molecule has 1 N–H and O–H groups in total. The minimum Gasteiger partial charge on any atom is -0.463 e. The van der Waals surface area contributed by atoms with E-state index in [0.717, 1.165) is 5.56 Å². The minimum absolute atomic E-state index is 0.0202. The van der Waals surface area contributed by atoms with Crippen molar-refractivity contribution in [1.82, 2.24) is 0 Å². The molecule has 144 valence electrons. The number of anilines is 1. The molecule has 3 rings (SSSR count). The molecule has 0 saturated carbocycles. The molecule has 8 heteroatoms. The van der Waals surface area contributed by atoms with Crippen LogP contribution in [-0.4, -0.2) is 25.0 Å². The van der Waals surface area contributed by atoms with Gasteiger partial charge in [-0.15, -0.1) is 0 Å². The van der Waals surface area contributed by atoms with Gasteiger partial charge in [-0.1, -0.05) is 6.07 Å². The summed E-state index contributed by atoms with van der Waals surface area (Å²) in [5.74, 6) is -1.17. The molecule has 1 aromatic carbocycles. The molecular weight excluding hydrogens is 366 g/mol. The van der Waals surface area contributed by atoms with Crippen LogP contribution in [0.3, 0.4) is 0 Å². The van der Waals surface area contributed by atoms with E-state index in [1.54, 1.807) is 25.1 Å². The van der Waals surface area contributed by atoms with Gasteiger partial charge in [0.25, 0.3) is 5.91 Å². The van der Waals surface area contributed by atoms with Crippen molar-refractivity contribution in [3.63, 3.8) is 0 Å². The summed E-state index contributed by atoms with van der Waals surface area (Å²) in [5.41, 5.74) is 1.48. The number of methoxy groups -OCH3 is 1. The maximum Gasteiger partial charge on any atom is 0.373 e. The van der Waals surface area contributed by atoms with E-state index >= 15 is 0 Å². The first kappa shape index (κ1) is 19.0. The third-order valence-corrected chi connectivity index (χ3v) is 3.86. The summed E-state index contributed by atoms with van der Waals surface area (Å²) in [5, 5.41) is 2.69. The van der Waals surface area contributed by atoms with E-state index in [4.69, 9.17) is 13.6 Å². The zero-order valence-electron chi connectivity index (χ0n) is 15.2. The second-order valence-corrected chi connectivity index (χ2v) is 5.79. The lowest BCUT2D eigenvalue weighted by molar-refractivity contribution is 0.0438. The number of nitrogens with one attached hydrogen (secondary N) is 1. The number of rotatable bonds is 6. The second kappa shape index (κ2) is 8.26.